The van der Waals surface area contributed by atoms with Crippen molar-refractivity contribution in [2.24, 2.45) is 0 Å². The zero-order valence-electron chi connectivity index (χ0n) is 11.1. The van der Waals surface area contributed by atoms with E-state index in [1.54, 1.807) is 0 Å². The van der Waals surface area contributed by atoms with Gasteiger partial charge in [-0.2, -0.15) is 0 Å². The van der Waals surface area contributed by atoms with Crippen molar-refractivity contribution in [2.75, 3.05) is 19.7 Å². The first-order valence-corrected chi connectivity index (χ1v) is 6.55. The van der Waals surface area contributed by atoms with Gasteiger partial charge < -0.3 is 25.6 Å². The summed E-state index contributed by atoms with van der Waals surface area (Å²) >= 11 is 0. The molecule has 0 bridgehead atoms. The van der Waals surface area contributed by atoms with Crippen molar-refractivity contribution < 1.29 is 29.3 Å². The molecule has 0 aromatic heterocycles. The van der Waals surface area contributed by atoms with Gasteiger partial charge >= 0.3 is 11.9 Å². The quantitative estimate of drug-likeness (QED) is 0.460. The molecule has 1 fully saturated rings. The zero-order valence-corrected chi connectivity index (χ0v) is 11.1. The van der Waals surface area contributed by atoms with E-state index in [1.165, 1.54) is 0 Å². The number of hydrogen-bond acceptors (Lipinski definition) is 5. The van der Waals surface area contributed by atoms with Crippen molar-refractivity contribution in [3.63, 3.8) is 0 Å². The highest BCUT2D eigenvalue weighted by molar-refractivity contribution is 5.86. The molecule has 0 aromatic carbocycles. The molecule has 8 heteroatoms. The van der Waals surface area contributed by atoms with Crippen LogP contribution in [0.4, 0.5) is 0 Å². The molecule has 1 unspecified atom stereocenters. The summed E-state index contributed by atoms with van der Waals surface area (Å²) in [7, 11) is 0. The average molecular weight is 288 g/mol. The topological polar surface area (TPSA) is 125 Å². The maximum absolute atomic E-state index is 11.5. The number of aliphatic carboxylic acids is 2. The molecule has 1 saturated heterocycles. The molecule has 0 aliphatic carbocycles. The number of carbonyl (C=O) groups excluding carboxylic acids is 1. The first-order chi connectivity index (χ1) is 9.49. The van der Waals surface area contributed by atoms with Crippen LogP contribution in [-0.2, 0) is 19.1 Å². The molecule has 20 heavy (non-hydrogen) atoms. The summed E-state index contributed by atoms with van der Waals surface area (Å²) in [5.74, 6) is -3.16. The van der Waals surface area contributed by atoms with E-state index in [0.717, 1.165) is 25.9 Å². The number of nitrogens with one attached hydrogen (secondary N) is 2. The minimum atomic E-state index is -1.40. The van der Waals surface area contributed by atoms with E-state index < -0.39 is 30.3 Å². The Bertz CT molecular complexity index is 354. The van der Waals surface area contributed by atoms with Gasteiger partial charge in [0.2, 0.25) is 5.91 Å². The van der Waals surface area contributed by atoms with Crippen LogP contribution < -0.4 is 10.6 Å². The lowest BCUT2D eigenvalue weighted by molar-refractivity contribution is -0.147. The van der Waals surface area contributed by atoms with Crippen LogP contribution in [-0.4, -0.2) is 59.9 Å². The van der Waals surface area contributed by atoms with E-state index in [-0.39, 0.29) is 19.1 Å². The third kappa shape index (κ3) is 6.48. The zero-order chi connectivity index (χ0) is 15.0. The monoisotopic (exact) mass is 288 g/mol. The standard InChI is InChI=1S/C12H20N2O6/c15-10(14-9(12(18)19)7-11(16)17)3-6-20-8-1-4-13-5-2-8/h8-9,13H,1-7H2,(H,14,15)(H,16,17)(H,18,19). The fourth-order valence-corrected chi connectivity index (χ4v) is 1.92. The lowest BCUT2D eigenvalue weighted by Crippen LogP contribution is -2.42. The summed E-state index contributed by atoms with van der Waals surface area (Å²) in [5.41, 5.74) is 0. The Morgan fingerprint density at radius 3 is 2.45 bits per heavy atom. The van der Waals surface area contributed by atoms with Crippen molar-refractivity contribution in [2.45, 2.75) is 37.8 Å². The number of carboxylic acid groups (broad SMARTS) is 2. The van der Waals surface area contributed by atoms with Gasteiger partial charge in [0.1, 0.15) is 6.04 Å². The molecule has 8 nitrogen and oxygen atoms in total. The number of amides is 1. The molecule has 0 radical (unpaired) electrons. The van der Waals surface area contributed by atoms with Crippen LogP contribution in [0.1, 0.15) is 25.7 Å². The molecule has 1 rings (SSSR count). The maximum atomic E-state index is 11.5. The van der Waals surface area contributed by atoms with E-state index in [1.807, 2.05) is 0 Å². The van der Waals surface area contributed by atoms with Crippen LogP contribution in [0.25, 0.3) is 0 Å². The van der Waals surface area contributed by atoms with E-state index >= 15 is 0 Å². The van der Waals surface area contributed by atoms with Crippen LogP contribution in [0, 0.1) is 0 Å². The second kappa shape index (κ2) is 8.49. The number of rotatable bonds is 8. The molecule has 1 atom stereocenters. The molecule has 1 heterocycles. The minimum Gasteiger partial charge on any atom is -0.481 e. The number of hydrogen-bond donors (Lipinski definition) is 4. The van der Waals surface area contributed by atoms with E-state index in [9.17, 15) is 14.4 Å². The molecule has 0 saturated carbocycles. The number of carbonyl (C=O) groups is 3. The molecule has 1 amide bonds. The van der Waals surface area contributed by atoms with Gasteiger partial charge in [-0.05, 0) is 25.9 Å². The van der Waals surface area contributed by atoms with Crippen LogP contribution in [0.2, 0.25) is 0 Å². The Morgan fingerprint density at radius 1 is 1.25 bits per heavy atom. The summed E-state index contributed by atoms with van der Waals surface area (Å²) in [4.78, 5) is 32.8. The lowest BCUT2D eigenvalue weighted by atomic mass is 10.1. The van der Waals surface area contributed by atoms with Crippen LogP contribution in [0.3, 0.4) is 0 Å². The van der Waals surface area contributed by atoms with Crippen molar-refractivity contribution in [1.82, 2.24) is 10.6 Å². The summed E-state index contributed by atoms with van der Waals surface area (Å²) in [5, 5.41) is 22.7. The fraction of sp³-hybridized carbons (Fsp3) is 0.750. The number of carboxylic acids is 2. The Labute approximate surface area is 116 Å². The lowest BCUT2D eigenvalue weighted by Gasteiger charge is -2.22. The van der Waals surface area contributed by atoms with Gasteiger partial charge in [-0.1, -0.05) is 0 Å². The van der Waals surface area contributed by atoms with Gasteiger partial charge in [0, 0.05) is 6.42 Å². The number of piperidine rings is 1. The predicted molar refractivity (Wildman–Crippen MR) is 68.3 cm³/mol. The molecular formula is C12H20N2O6. The van der Waals surface area contributed by atoms with Crippen LogP contribution in [0.5, 0.6) is 0 Å². The fourth-order valence-electron chi connectivity index (χ4n) is 1.92. The summed E-state index contributed by atoms with van der Waals surface area (Å²) in [6.45, 7) is 1.98. The summed E-state index contributed by atoms with van der Waals surface area (Å²) in [6.07, 6.45) is 1.28. The minimum absolute atomic E-state index is 0.0212. The van der Waals surface area contributed by atoms with Crippen molar-refractivity contribution in [3.05, 3.63) is 0 Å². The van der Waals surface area contributed by atoms with Gasteiger partial charge in [0.05, 0.1) is 19.1 Å². The Morgan fingerprint density at radius 2 is 1.90 bits per heavy atom. The third-order valence-corrected chi connectivity index (χ3v) is 2.98. The Hall–Kier alpha value is -1.67. The second-order valence-electron chi connectivity index (χ2n) is 4.63. The van der Waals surface area contributed by atoms with Crippen molar-refractivity contribution >= 4 is 17.8 Å². The highest BCUT2D eigenvalue weighted by Gasteiger charge is 2.23. The molecule has 1 aliphatic rings. The smallest absolute Gasteiger partial charge is 0.326 e. The number of ether oxygens (including phenoxy) is 1. The highest BCUT2D eigenvalue weighted by Crippen LogP contribution is 2.07. The summed E-state index contributed by atoms with van der Waals surface area (Å²) in [6, 6.07) is -1.40. The van der Waals surface area contributed by atoms with Gasteiger partial charge in [-0.3, -0.25) is 9.59 Å². The molecular weight excluding hydrogens is 268 g/mol. The first kappa shape index (κ1) is 16.4. The largest absolute Gasteiger partial charge is 0.481 e. The molecule has 1 aliphatic heterocycles. The molecule has 114 valence electrons. The predicted octanol–water partition coefficient (Wildman–Crippen LogP) is -0.811. The van der Waals surface area contributed by atoms with E-state index in [2.05, 4.69) is 10.6 Å². The first-order valence-electron chi connectivity index (χ1n) is 6.55. The van der Waals surface area contributed by atoms with Gasteiger partial charge in [0.25, 0.3) is 0 Å². The molecule has 4 N–H and O–H groups in total. The molecule has 0 spiro atoms. The second-order valence-corrected chi connectivity index (χ2v) is 4.63. The average Bonchev–Trinajstić information content (AvgIpc) is 2.38. The van der Waals surface area contributed by atoms with Gasteiger partial charge in [0.15, 0.2) is 0 Å². The Kier molecular flexibility index (Phi) is 6.96. The van der Waals surface area contributed by atoms with E-state index in [0.29, 0.717) is 0 Å². The van der Waals surface area contributed by atoms with E-state index in [4.69, 9.17) is 14.9 Å². The third-order valence-electron chi connectivity index (χ3n) is 2.98. The molecule has 0 aromatic rings. The SMILES string of the molecule is O=C(O)CC(NC(=O)CCOC1CCNCC1)C(=O)O. The van der Waals surface area contributed by atoms with Crippen LogP contribution in [0.15, 0.2) is 0 Å². The van der Waals surface area contributed by atoms with Crippen molar-refractivity contribution in [1.29, 1.82) is 0 Å². The van der Waals surface area contributed by atoms with Crippen LogP contribution >= 0.6 is 0 Å². The highest BCUT2D eigenvalue weighted by atomic mass is 16.5. The summed E-state index contributed by atoms with van der Waals surface area (Å²) < 4.78 is 5.51. The maximum Gasteiger partial charge on any atom is 0.326 e. The van der Waals surface area contributed by atoms with Crippen molar-refractivity contribution in [3.8, 4) is 0 Å². The van der Waals surface area contributed by atoms with Gasteiger partial charge in [-0.15, -0.1) is 0 Å². The van der Waals surface area contributed by atoms with Gasteiger partial charge in [-0.25, -0.2) is 4.79 Å². The Balaban J connectivity index is 2.23. The normalized spacial score (nSPS) is 17.4.